The zero-order chi connectivity index (χ0) is 28.3. The first-order valence-electron chi connectivity index (χ1n) is 10.9. The van der Waals surface area contributed by atoms with E-state index in [4.69, 9.17) is 27.9 Å². The quantitative estimate of drug-likeness (QED) is 0.282. The summed E-state index contributed by atoms with van der Waals surface area (Å²) < 4.78 is 67.3. The normalized spacial score (nSPS) is 12.7. The van der Waals surface area contributed by atoms with Crippen LogP contribution in [0.25, 0.3) is 0 Å². The second-order valence-corrected chi connectivity index (χ2v) is 10.5. The van der Waals surface area contributed by atoms with Gasteiger partial charge in [0.05, 0.1) is 0 Å². The van der Waals surface area contributed by atoms with Gasteiger partial charge >= 0.3 is 21.5 Å². The van der Waals surface area contributed by atoms with Crippen molar-refractivity contribution in [3.63, 3.8) is 0 Å². The van der Waals surface area contributed by atoms with Crippen molar-refractivity contribution in [2.75, 3.05) is 0 Å². The number of H-pyrrole nitrogens is 1. The van der Waals surface area contributed by atoms with Crippen molar-refractivity contribution in [3.8, 4) is 5.75 Å². The molecule has 15 heteroatoms. The van der Waals surface area contributed by atoms with Crippen LogP contribution in [0.2, 0.25) is 10.2 Å². The van der Waals surface area contributed by atoms with Crippen LogP contribution in [0.4, 0.5) is 13.2 Å². The Morgan fingerprint density at radius 2 is 1.82 bits per heavy atom. The summed E-state index contributed by atoms with van der Waals surface area (Å²) in [6.45, 7) is 1.66. The lowest BCUT2D eigenvalue weighted by Gasteiger charge is -2.16. The molecular weight excluding hydrogens is 574 g/mol. The van der Waals surface area contributed by atoms with Crippen LogP contribution in [-0.2, 0) is 16.6 Å². The van der Waals surface area contributed by atoms with Crippen LogP contribution in [0.15, 0.2) is 42.5 Å². The second kappa shape index (κ2) is 11.6. The van der Waals surface area contributed by atoms with Crippen LogP contribution in [0, 0.1) is 0 Å². The molecule has 0 aliphatic carbocycles. The molecule has 0 radical (unpaired) electrons. The largest absolute Gasteiger partial charge is 0.516 e. The number of aromatic carboxylic acids is 1. The van der Waals surface area contributed by atoms with Gasteiger partial charge in [-0.1, -0.05) is 54.7 Å². The van der Waals surface area contributed by atoms with Crippen LogP contribution in [-0.4, -0.2) is 40.9 Å². The van der Waals surface area contributed by atoms with Gasteiger partial charge in [0.2, 0.25) is 0 Å². The monoisotopic (exact) mass is 593 g/mol. The number of benzene rings is 2. The summed E-state index contributed by atoms with van der Waals surface area (Å²) in [5.41, 5.74) is -5.50. The highest BCUT2D eigenvalue weighted by molar-refractivity contribution is 7.90. The lowest BCUT2D eigenvalue weighted by atomic mass is 9.94. The summed E-state index contributed by atoms with van der Waals surface area (Å²) in [5.74, 6) is -2.35. The molecule has 0 spiro atoms. The maximum Gasteiger partial charge on any atom is 0.516 e. The molecular formula is C23H20Cl2F3N3O6S. The molecule has 1 unspecified atom stereocenters. The average molecular weight is 594 g/mol. The van der Waals surface area contributed by atoms with E-state index in [0.29, 0.717) is 18.0 Å². The van der Waals surface area contributed by atoms with Crippen molar-refractivity contribution < 1.29 is 41.0 Å². The molecule has 3 N–H and O–H groups in total. The Kier molecular flexibility index (Phi) is 8.95. The molecule has 9 nitrogen and oxygen atoms in total. The maximum absolute atomic E-state index is 12.7. The number of hydrogen-bond donors (Lipinski definition) is 3. The second-order valence-electron chi connectivity index (χ2n) is 7.97. The van der Waals surface area contributed by atoms with Gasteiger partial charge in [-0.05, 0) is 36.2 Å². The molecule has 1 heterocycles. The van der Waals surface area contributed by atoms with Gasteiger partial charge in [-0.2, -0.15) is 21.6 Å². The number of carboxylic acids is 1. The Morgan fingerprint density at radius 3 is 2.37 bits per heavy atom. The van der Waals surface area contributed by atoms with E-state index >= 15 is 0 Å². The molecule has 1 atom stereocenters. The highest BCUT2D eigenvalue weighted by atomic mass is 35.5. The first-order chi connectivity index (χ1) is 17.7. The number of carbonyl (C=O) groups is 2. The SMILES string of the molecule is CCCC(c1ccc(OCc2ccc(Cl)cc2C(=O)NS(=O)(=O)C(F)(F)F)cc1)c1nc(C(=O)O)c(Cl)[nH]1. The zero-order valence-corrected chi connectivity index (χ0v) is 21.8. The summed E-state index contributed by atoms with van der Waals surface area (Å²) in [4.78, 5) is 30.5. The number of rotatable bonds is 10. The topological polar surface area (TPSA) is 138 Å². The van der Waals surface area contributed by atoms with Gasteiger partial charge in [0.25, 0.3) is 5.91 Å². The Balaban J connectivity index is 1.78. The van der Waals surface area contributed by atoms with Crippen molar-refractivity contribution in [1.82, 2.24) is 14.7 Å². The van der Waals surface area contributed by atoms with Gasteiger partial charge in [-0.25, -0.2) is 14.5 Å². The van der Waals surface area contributed by atoms with E-state index in [1.54, 1.807) is 24.3 Å². The maximum atomic E-state index is 12.7. The summed E-state index contributed by atoms with van der Waals surface area (Å²) in [6, 6.07) is 10.4. The number of halogens is 5. The van der Waals surface area contributed by atoms with Crippen molar-refractivity contribution in [2.24, 2.45) is 0 Å². The standard InChI is InChI=1S/C23H20Cl2F3N3O6S/c1-2-3-16(20-29-18(22(33)34)19(25)30-20)12-5-8-15(9-6-12)37-11-13-4-7-14(24)10-17(13)21(32)31-38(35,36)23(26,27)28/h4-10,16H,2-3,11H2,1H3,(H,29,30)(H,31,32)(H,33,34). The van der Waals surface area contributed by atoms with E-state index in [1.165, 1.54) is 12.1 Å². The molecule has 0 saturated heterocycles. The van der Waals surface area contributed by atoms with Gasteiger partial charge in [0, 0.05) is 22.1 Å². The van der Waals surface area contributed by atoms with Gasteiger partial charge in [0.1, 0.15) is 23.3 Å². The molecule has 3 aromatic rings. The Bertz CT molecular complexity index is 1440. The van der Waals surface area contributed by atoms with Crippen molar-refractivity contribution in [1.29, 1.82) is 0 Å². The molecule has 204 valence electrons. The number of hydrogen-bond acceptors (Lipinski definition) is 6. The number of amides is 1. The number of aromatic amines is 1. The fourth-order valence-corrected chi connectivity index (χ4v) is 4.37. The minimum atomic E-state index is -5.92. The molecule has 1 amide bonds. The third kappa shape index (κ3) is 6.77. The number of ether oxygens (including phenoxy) is 1. The Morgan fingerprint density at radius 1 is 1.16 bits per heavy atom. The summed E-state index contributed by atoms with van der Waals surface area (Å²) >= 11 is 11.8. The molecule has 3 rings (SSSR count). The molecule has 0 fully saturated rings. The number of carboxylic acid groups (broad SMARTS) is 1. The number of carbonyl (C=O) groups excluding carboxylic acids is 1. The molecule has 38 heavy (non-hydrogen) atoms. The van der Waals surface area contributed by atoms with Crippen LogP contribution < -0.4 is 9.46 Å². The first-order valence-corrected chi connectivity index (χ1v) is 13.1. The lowest BCUT2D eigenvalue weighted by molar-refractivity contribution is -0.0446. The minimum Gasteiger partial charge on any atom is -0.489 e. The molecule has 0 bridgehead atoms. The fourth-order valence-electron chi connectivity index (χ4n) is 3.50. The lowest BCUT2D eigenvalue weighted by Crippen LogP contribution is -2.40. The van der Waals surface area contributed by atoms with Gasteiger partial charge in [-0.3, -0.25) is 4.79 Å². The number of aromatic nitrogens is 2. The van der Waals surface area contributed by atoms with E-state index < -0.39 is 33.0 Å². The number of imidazole rings is 1. The molecule has 0 saturated carbocycles. The van der Waals surface area contributed by atoms with Gasteiger partial charge in [-0.15, -0.1) is 0 Å². The summed E-state index contributed by atoms with van der Waals surface area (Å²) in [7, 11) is -5.92. The van der Waals surface area contributed by atoms with Crippen LogP contribution >= 0.6 is 23.2 Å². The molecule has 1 aromatic heterocycles. The average Bonchev–Trinajstić information content (AvgIpc) is 3.22. The summed E-state index contributed by atoms with van der Waals surface area (Å²) in [5, 5.41) is 9.13. The molecule has 2 aromatic carbocycles. The van der Waals surface area contributed by atoms with Crippen molar-refractivity contribution in [3.05, 3.63) is 80.8 Å². The van der Waals surface area contributed by atoms with E-state index in [-0.39, 0.29) is 34.0 Å². The summed E-state index contributed by atoms with van der Waals surface area (Å²) in [6.07, 6.45) is 1.39. The predicted octanol–water partition coefficient (Wildman–Crippen LogP) is 5.51. The van der Waals surface area contributed by atoms with Crippen LogP contribution in [0.5, 0.6) is 5.75 Å². The minimum absolute atomic E-state index is 0.00119. The van der Waals surface area contributed by atoms with Crippen LogP contribution in [0.1, 0.15) is 63.5 Å². The zero-order valence-electron chi connectivity index (χ0n) is 19.5. The number of nitrogens with one attached hydrogen (secondary N) is 2. The van der Waals surface area contributed by atoms with Crippen molar-refractivity contribution in [2.45, 2.75) is 37.8 Å². The van der Waals surface area contributed by atoms with Crippen LogP contribution in [0.3, 0.4) is 0 Å². The van der Waals surface area contributed by atoms with E-state index in [9.17, 15) is 36.3 Å². The fraction of sp³-hybridized carbons (Fsp3) is 0.261. The van der Waals surface area contributed by atoms with Crippen molar-refractivity contribution >= 4 is 45.1 Å². The Labute approximate surface area is 225 Å². The van der Waals surface area contributed by atoms with E-state index in [0.717, 1.165) is 22.8 Å². The highest BCUT2D eigenvalue weighted by Gasteiger charge is 2.47. The van der Waals surface area contributed by atoms with Gasteiger partial charge < -0.3 is 14.8 Å². The number of sulfonamides is 1. The number of alkyl halides is 3. The number of nitrogens with zero attached hydrogens (tertiary/aromatic N) is 1. The van der Waals surface area contributed by atoms with Gasteiger partial charge in [0.15, 0.2) is 5.69 Å². The van der Waals surface area contributed by atoms with E-state index in [2.05, 4.69) is 9.97 Å². The first kappa shape index (κ1) is 29.3. The predicted molar refractivity (Wildman–Crippen MR) is 132 cm³/mol. The smallest absolute Gasteiger partial charge is 0.489 e. The third-order valence-corrected chi connectivity index (χ3v) is 6.89. The molecule has 0 aliphatic rings. The molecule has 0 aliphatic heterocycles. The third-order valence-electron chi connectivity index (χ3n) is 5.31. The Hall–Kier alpha value is -3.29. The van der Waals surface area contributed by atoms with E-state index in [1.807, 2.05) is 6.92 Å². The highest BCUT2D eigenvalue weighted by Crippen LogP contribution is 2.31.